The lowest BCUT2D eigenvalue weighted by atomic mass is 10.2. The van der Waals surface area contributed by atoms with Crippen molar-refractivity contribution in [3.63, 3.8) is 0 Å². The van der Waals surface area contributed by atoms with Crippen LogP contribution in [0.1, 0.15) is 10.5 Å². The van der Waals surface area contributed by atoms with Gasteiger partial charge in [0.05, 0.1) is 11.9 Å². The van der Waals surface area contributed by atoms with E-state index in [0.29, 0.717) is 16.7 Å². The molecule has 3 rings (SSSR count). The van der Waals surface area contributed by atoms with Crippen molar-refractivity contribution in [3.05, 3.63) is 48.3 Å². The maximum absolute atomic E-state index is 10.9. The average Bonchev–Trinajstić information content (AvgIpc) is 2.77. The van der Waals surface area contributed by atoms with Crippen molar-refractivity contribution in [3.8, 4) is 5.69 Å². The van der Waals surface area contributed by atoms with Crippen LogP contribution < -0.4 is 5.73 Å². The Balaban J connectivity index is 2.24. The van der Waals surface area contributed by atoms with Crippen molar-refractivity contribution in [1.29, 1.82) is 0 Å². The number of benzene rings is 1. The molecule has 1 aromatic carbocycles. The fourth-order valence-corrected chi connectivity index (χ4v) is 1.89. The van der Waals surface area contributed by atoms with E-state index in [1.54, 1.807) is 4.68 Å². The zero-order valence-corrected chi connectivity index (χ0v) is 9.82. The molecule has 0 atom stereocenters. The number of rotatable bonds is 2. The molecule has 0 spiro atoms. The highest BCUT2D eigenvalue weighted by molar-refractivity contribution is 5.95. The number of pyridine rings is 1. The molecule has 19 heavy (non-hydrogen) atoms. The second-order valence-electron chi connectivity index (χ2n) is 4.02. The molecule has 0 radical (unpaired) electrons. The molecule has 0 fully saturated rings. The summed E-state index contributed by atoms with van der Waals surface area (Å²) in [5.74, 6) is -0.695. The minimum atomic E-state index is -1.09. The van der Waals surface area contributed by atoms with Gasteiger partial charge in [0, 0.05) is 5.39 Å². The van der Waals surface area contributed by atoms with Gasteiger partial charge < -0.3 is 10.8 Å². The van der Waals surface area contributed by atoms with Crippen LogP contribution in [0.5, 0.6) is 0 Å². The molecule has 2 heterocycles. The van der Waals surface area contributed by atoms with E-state index in [2.05, 4.69) is 10.1 Å². The molecule has 0 bridgehead atoms. The Hall–Kier alpha value is -2.89. The van der Waals surface area contributed by atoms with E-state index < -0.39 is 5.97 Å². The topological polar surface area (TPSA) is 94.0 Å². The molecule has 6 heteroatoms. The molecule has 0 aliphatic heterocycles. The van der Waals surface area contributed by atoms with Crippen LogP contribution in [-0.2, 0) is 0 Å². The van der Waals surface area contributed by atoms with Gasteiger partial charge in [-0.3, -0.25) is 0 Å². The molecule has 0 saturated heterocycles. The van der Waals surface area contributed by atoms with E-state index in [1.165, 1.54) is 12.3 Å². The number of nitrogens with zero attached hydrogens (tertiary/aromatic N) is 3. The van der Waals surface area contributed by atoms with E-state index in [9.17, 15) is 4.79 Å². The lowest BCUT2D eigenvalue weighted by Gasteiger charge is -2.02. The zero-order valence-electron chi connectivity index (χ0n) is 9.82. The molecule has 3 N–H and O–H groups in total. The number of hydrogen-bond acceptors (Lipinski definition) is 4. The smallest absolute Gasteiger partial charge is 0.354 e. The third-order valence-electron chi connectivity index (χ3n) is 2.81. The number of nitrogens with two attached hydrogens (primary N) is 1. The Bertz CT molecular complexity index is 765. The van der Waals surface area contributed by atoms with Gasteiger partial charge in [0.1, 0.15) is 17.0 Å². The summed E-state index contributed by atoms with van der Waals surface area (Å²) in [7, 11) is 0. The molecule has 0 amide bonds. The molecule has 2 aromatic heterocycles. The summed E-state index contributed by atoms with van der Waals surface area (Å²) in [6.07, 6.45) is 1.41. The zero-order chi connectivity index (χ0) is 13.4. The van der Waals surface area contributed by atoms with E-state index in [4.69, 9.17) is 10.8 Å². The van der Waals surface area contributed by atoms with Crippen LogP contribution in [0.3, 0.4) is 0 Å². The first kappa shape index (κ1) is 11.2. The Morgan fingerprint density at radius 2 is 2.00 bits per heavy atom. The second-order valence-corrected chi connectivity index (χ2v) is 4.02. The summed E-state index contributed by atoms with van der Waals surface area (Å²) in [5, 5.41) is 13.8. The molecular weight excluding hydrogens is 244 g/mol. The lowest BCUT2D eigenvalue weighted by Crippen LogP contribution is -2.01. The molecule has 3 aromatic rings. The molecule has 0 aliphatic carbocycles. The number of fused-ring (bicyclic) bond motifs is 1. The van der Waals surface area contributed by atoms with Gasteiger partial charge in [0.15, 0.2) is 0 Å². The fraction of sp³-hybridized carbons (Fsp3) is 0. The molecule has 0 saturated carbocycles. The number of hydrogen-bond donors (Lipinski definition) is 2. The first-order valence-electron chi connectivity index (χ1n) is 5.60. The van der Waals surface area contributed by atoms with Crippen molar-refractivity contribution in [1.82, 2.24) is 14.8 Å². The van der Waals surface area contributed by atoms with Gasteiger partial charge in [-0.1, -0.05) is 18.2 Å². The summed E-state index contributed by atoms with van der Waals surface area (Å²) in [6, 6.07) is 10.8. The predicted octanol–water partition coefficient (Wildman–Crippen LogP) is 1.70. The van der Waals surface area contributed by atoms with Gasteiger partial charge in [0.2, 0.25) is 0 Å². The number of para-hydroxylation sites is 1. The highest BCUT2D eigenvalue weighted by Gasteiger charge is 2.13. The number of carboxylic acid groups (broad SMARTS) is 1. The van der Waals surface area contributed by atoms with Gasteiger partial charge in [-0.15, -0.1) is 0 Å². The van der Waals surface area contributed by atoms with E-state index in [0.717, 1.165) is 5.69 Å². The Morgan fingerprint density at radius 3 is 2.68 bits per heavy atom. The molecule has 6 nitrogen and oxygen atoms in total. The normalized spacial score (nSPS) is 10.7. The Labute approximate surface area is 108 Å². The molecular formula is C13H10N4O2. The van der Waals surface area contributed by atoms with Crippen LogP contribution in [0.15, 0.2) is 42.6 Å². The van der Waals surface area contributed by atoms with E-state index in [-0.39, 0.29) is 5.69 Å². The van der Waals surface area contributed by atoms with Crippen LogP contribution in [-0.4, -0.2) is 25.8 Å². The van der Waals surface area contributed by atoms with Crippen molar-refractivity contribution in [2.45, 2.75) is 0 Å². The predicted molar refractivity (Wildman–Crippen MR) is 70.2 cm³/mol. The lowest BCUT2D eigenvalue weighted by molar-refractivity contribution is 0.0691. The van der Waals surface area contributed by atoms with Crippen molar-refractivity contribution in [2.24, 2.45) is 0 Å². The third kappa shape index (κ3) is 1.79. The maximum atomic E-state index is 10.9. The Morgan fingerprint density at radius 1 is 1.26 bits per heavy atom. The highest BCUT2D eigenvalue weighted by Crippen LogP contribution is 2.23. The Kier molecular flexibility index (Phi) is 2.42. The van der Waals surface area contributed by atoms with Gasteiger partial charge in [0.25, 0.3) is 0 Å². The summed E-state index contributed by atoms with van der Waals surface area (Å²) >= 11 is 0. The highest BCUT2D eigenvalue weighted by atomic mass is 16.4. The van der Waals surface area contributed by atoms with Gasteiger partial charge in [-0.05, 0) is 18.2 Å². The van der Waals surface area contributed by atoms with Crippen LogP contribution in [0, 0.1) is 0 Å². The van der Waals surface area contributed by atoms with Gasteiger partial charge in [-0.25, -0.2) is 14.5 Å². The summed E-state index contributed by atoms with van der Waals surface area (Å²) < 4.78 is 1.57. The van der Waals surface area contributed by atoms with Crippen LogP contribution in [0.25, 0.3) is 16.6 Å². The third-order valence-corrected chi connectivity index (χ3v) is 2.81. The largest absolute Gasteiger partial charge is 0.477 e. The standard InChI is InChI=1S/C13H10N4O2/c14-12-9-6-10(13(18)19)15-7-11(9)16-17(12)8-4-2-1-3-5-8/h1-7H,14H2,(H,18,19). The quantitative estimate of drug-likeness (QED) is 0.725. The maximum Gasteiger partial charge on any atom is 0.354 e. The summed E-state index contributed by atoms with van der Waals surface area (Å²) in [4.78, 5) is 14.7. The van der Waals surface area contributed by atoms with Crippen molar-refractivity contribution < 1.29 is 9.90 Å². The van der Waals surface area contributed by atoms with E-state index in [1.807, 2.05) is 30.3 Å². The SMILES string of the molecule is Nc1c2cc(C(=O)O)ncc2nn1-c1ccccc1. The molecule has 0 aliphatic rings. The summed E-state index contributed by atoms with van der Waals surface area (Å²) in [5.41, 5.74) is 7.35. The fourth-order valence-electron chi connectivity index (χ4n) is 1.89. The van der Waals surface area contributed by atoms with E-state index >= 15 is 0 Å². The first-order valence-corrected chi connectivity index (χ1v) is 5.60. The molecule has 0 unspecified atom stereocenters. The number of aromatic nitrogens is 3. The van der Waals surface area contributed by atoms with Gasteiger partial charge >= 0.3 is 5.97 Å². The number of nitrogen functional groups attached to an aromatic ring is 1. The van der Waals surface area contributed by atoms with Crippen LogP contribution in [0.2, 0.25) is 0 Å². The number of aromatic carboxylic acids is 1. The number of carboxylic acids is 1. The van der Waals surface area contributed by atoms with Crippen molar-refractivity contribution in [2.75, 3.05) is 5.73 Å². The second kappa shape index (κ2) is 4.09. The minimum absolute atomic E-state index is 0.0492. The average molecular weight is 254 g/mol. The van der Waals surface area contributed by atoms with Crippen LogP contribution >= 0.6 is 0 Å². The van der Waals surface area contributed by atoms with Crippen LogP contribution in [0.4, 0.5) is 5.82 Å². The van der Waals surface area contributed by atoms with Crippen molar-refractivity contribution >= 4 is 22.7 Å². The minimum Gasteiger partial charge on any atom is -0.477 e. The molecule has 94 valence electrons. The van der Waals surface area contributed by atoms with Gasteiger partial charge in [-0.2, -0.15) is 5.10 Å². The summed E-state index contributed by atoms with van der Waals surface area (Å²) in [6.45, 7) is 0. The first-order chi connectivity index (χ1) is 9.16. The monoisotopic (exact) mass is 254 g/mol. The number of carbonyl (C=O) groups is 1. The number of anilines is 1.